The molecule has 2 aliphatic rings. The van der Waals surface area contributed by atoms with Crippen LogP contribution in [0.25, 0.3) is 0 Å². The van der Waals surface area contributed by atoms with Crippen LogP contribution in [0, 0.1) is 5.92 Å². The topological polar surface area (TPSA) is 103 Å². The number of benzene rings is 2. The second-order valence-electron chi connectivity index (χ2n) is 11.3. The van der Waals surface area contributed by atoms with Gasteiger partial charge in [0.1, 0.15) is 11.9 Å². The maximum Gasteiger partial charge on any atom is 0.319 e. The Kier molecular flexibility index (Phi) is 10.3. The molecule has 0 bridgehead atoms. The van der Waals surface area contributed by atoms with Gasteiger partial charge in [-0.3, -0.25) is 9.69 Å². The standard InChI is InChI=1S/C31H44N4O5/c1-21-17-35(22(2)20-36)30(37)26-11-8-12-27(33-31(38)32-24-9-6-5-7-10-24)29(26)40-28(21)19-34(3)18-23-13-15-25(39-4)16-14-23/h8,11-16,21-22,24,28,36H,5-7,9-10,17-20H2,1-4H3,(H2,32,33,38)/t21-,22+,28-/m0/s1. The van der Waals surface area contributed by atoms with Crippen LogP contribution in [0.1, 0.15) is 61.9 Å². The highest BCUT2D eigenvalue weighted by Gasteiger charge is 2.34. The van der Waals surface area contributed by atoms with Gasteiger partial charge in [-0.25, -0.2) is 4.79 Å². The number of aliphatic hydroxyl groups is 1. The van der Waals surface area contributed by atoms with Crippen molar-refractivity contribution < 1.29 is 24.2 Å². The first-order chi connectivity index (χ1) is 19.3. The van der Waals surface area contributed by atoms with Crippen LogP contribution in [0.2, 0.25) is 0 Å². The molecule has 9 nitrogen and oxygen atoms in total. The zero-order chi connectivity index (χ0) is 28.6. The molecule has 3 atom stereocenters. The maximum atomic E-state index is 13.7. The van der Waals surface area contributed by atoms with Crippen molar-refractivity contribution in [3.05, 3.63) is 53.6 Å². The van der Waals surface area contributed by atoms with E-state index < -0.39 is 0 Å². The number of hydrogen-bond acceptors (Lipinski definition) is 6. The van der Waals surface area contributed by atoms with E-state index in [0.29, 0.717) is 36.6 Å². The summed E-state index contributed by atoms with van der Waals surface area (Å²) in [4.78, 5) is 30.6. The number of carbonyl (C=O) groups excluding carboxylic acids is 2. The predicted octanol–water partition coefficient (Wildman–Crippen LogP) is 4.50. The van der Waals surface area contributed by atoms with Gasteiger partial charge in [0.15, 0.2) is 5.75 Å². The third kappa shape index (κ3) is 7.46. The van der Waals surface area contributed by atoms with Crippen LogP contribution in [0.15, 0.2) is 42.5 Å². The van der Waals surface area contributed by atoms with Gasteiger partial charge in [-0.1, -0.05) is 44.4 Å². The fourth-order valence-electron chi connectivity index (χ4n) is 5.56. The number of urea groups is 1. The Labute approximate surface area is 237 Å². The van der Waals surface area contributed by atoms with Crippen molar-refractivity contribution in [2.75, 3.05) is 39.2 Å². The first-order valence-corrected chi connectivity index (χ1v) is 14.4. The van der Waals surface area contributed by atoms with Crippen molar-refractivity contribution in [2.24, 2.45) is 5.92 Å². The summed E-state index contributed by atoms with van der Waals surface area (Å²) < 4.78 is 11.9. The molecule has 0 unspecified atom stereocenters. The third-order valence-corrected chi connectivity index (χ3v) is 7.98. The van der Waals surface area contributed by atoms with E-state index in [2.05, 4.69) is 22.5 Å². The van der Waals surface area contributed by atoms with E-state index in [1.165, 1.54) is 6.42 Å². The van der Waals surface area contributed by atoms with Crippen LogP contribution in [0.3, 0.4) is 0 Å². The van der Waals surface area contributed by atoms with Gasteiger partial charge in [-0.15, -0.1) is 0 Å². The molecule has 40 heavy (non-hydrogen) atoms. The van der Waals surface area contributed by atoms with Crippen molar-refractivity contribution in [3.8, 4) is 11.5 Å². The second kappa shape index (κ2) is 13.9. The van der Waals surface area contributed by atoms with Crippen molar-refractivity contribution in [3.63, 3.8) is 0 Å². The molecule has 2 aromatic carbocycles. The Balaban J connectivity index is 1.58. The fourth-order valence-corrected chi connectivity index (χ4v) is 5.56. The first kappa shape index (κ1) is 29.7. The summed E-state index contributed by atoms with van der Waals surface area (Å²) in [5, 5.41) is 16.0. The Morgan fingerprint density at radius 3 is 2.58 bits per heavy atom. The van der Waals surface area contributed by atoms with Crippen LogP contribution in [-0.2, 0) is 6.54 Å². The van der Waals surface area contributed by atoms with E-state index in [1.807, 2.05) is 38.2 Å². The molecule has 0 spiro atoms. The summed E-state index contributed by atoms with van der Waals surface area (Å²) in [6, 6.07) is 12.8. The van der Waals surface area contributed by atoms with Gasteiger partial charge in [-0.05, 0) is 56.6 Å². The average Bonchev–Trinajstić information content (AvgIpc) is 2.95. The van der Waals surface area contributed by atoms with Crippen molar-refractivity contribution in [1.29, 1.82) is 0 Å². The van der Waals surface area contributed by atoms with Crippen LogP contribution in [0.4, 0.5) is 10.5 Å². The zero-order valence-electron chi connectivity index (χ0n) is 24.2. The number of ether oxygens (including phenoxy) is 2. The van der Waals surface area contributed by atoms with Gasteiger partial charge in [-0.2, -0.15) is 0 Å². The largest absolute Gasteiger partial charge is 0.497 e. The van der Waals surface area contributed by atoms with Gasteiger partial charge in [0.2, 0.25) is 0 Å². The smallest absolute Gasteiger partial charge is 0.319 e. The number of methoxy groups -OCH3 is 1. The number of likely N-dealkylation sites (N-methyl/N-ethyl adjacent to an activating group) is 1. The first-order valence-electron chi connectivity index (χ1n) is 14.4. The molecule has 9 heteroatoms. The van der Waals surface area contributed by atoms with Gasteiger partial charge < -0.3 is 30.1 Å². The molecule has 3 amide bonds. The normalized spacial score (nSPS) is 20.6. The van der Waals surface area contributed by atoms with E-state index in [-0.39, 0.29) is 42.7 Å². The van der Waals surface area contributed by atoms with Gasteiger partial charge in [0, 0.05) is 31.6 Å². The lowest BCUT2D eigenvalue weighted by molar-refractivity contribution is 0.0343. The Morgan fingerprint density at radius 1 is 1.18 bits per heavy atom. The monoisotopic (exact) mass is 552 g/mol. The number of nitrogens with one attached hydrogen (secondary N) is 2. The molecule has 0 radical (unpaired) electrons. The summed E-state index contributed by atoms with van der Waals surface area (Å²) in [5.74, 6) is 0.935. The highest BCUT2D eigenvalue weighted by molar-refractivity contribution is 6.01. The Hall–Kier alpha value is -3.30. The number of rotatable bonds is 9. The van der Waals surface area contributed by atoms with Crippen molar-refractivity contribution in [2.45, 2.75) is 70.7 Å². The van der Waals surface area contributed by atoms with Crippen LogP contribution in [-0.4, -0.2) is 78.9 Å². The van der Waals surface area contributed by atoms with Gasteiger partial charge in [0.25, 0.3) is 5.91 Å². The third-order valence-electron chi connectivity index (χ3n) is 7.98. The molecule has 0 aromatic heterocycles. The molecule has 2 aromatic rings. The number of para-hydroxylation sites is 1. The molecule has 4 rings (SSSR count). The summed E-state index contributed by atoms with van der Waals surface area (Å²) in [6.07, 6.45) is 5.12. The number of carbonyl (C=O) groups is 2. The van der Waals surface area contributed by atoms with E-state index in [0.717, 1.165) is 37.0 Å². The van der Waals surface area contributed by atoms with Crippen molar-refractivity contribution >= 4 is 17.6 Å². The molecule has 1 saturated carbocycles. The number of nitrogens with zero attached hydrogens (tertiary/aromatic N) is 2. The minimum atomic E-state index is -0.357. The number of fused-ring (bicyclic) bond motifs is 1. The summed E-state index contributed by atoms with van der Waals surface area (Å²) in [6.45, 7) is 5.53. The SMILES string of the molecule is COc1ccc(CN(C)C[C@@H]2Oc3c(NC(=O)NC4CCCCC4)cccc3C(=O)N([C@H](C)CO)C[C@@H]2C)cc1. The Bertz CT molecular complexity index is 1140. The highest BCUT2D eigenvalue weighted by Crippen LogP contribution is 2.35. The predicted molar refractivity (Wildman–Crippen MR) is 156 cm³/mol. The van der Waals surface area contributed by atoms with Crippen LogP contribution >= 0.6 is 0 Å². The number of hydrogen-bond donors (Lipinski definition) is 3. The van der Waals surface area contributed by atoms with E-state index >= 15 is 0 Å². The lowest BCUT2D eigenvalue weighted by atomic mass is 9.96. The van der Waals surface area contributed by atoms with Gasteiger partial charge >= 0.3 is 6.03 Å². The zero-order valence-corrected chi connectivity index (χ0v) is 24.2. The van der Waals surface area contributed by atoms with Crippen LogP contribution < -0.4 is 20.1 Å². The highest BCUT2D eigenvalue weighted by atomic mass is 16.5. The number of amides is 3. The maximum absolute atomic E-state index is 13.7. The second-order valence-corrected chi connectivity index (χ2v) is 11.3. The molecule has 1 aliphatic heterocycles. The lowest BCUT2D eigenvalue weighted by Crippen LogP contribution is -2.50. The Morgan fingerprint density at radius 2 is 1.90 bits per heavy atom. The molecule has 218 valence electrons. The minimum absolute atomic E-state index is 0.0338. The lowest BCUT2D eigenvalue weighted by Gasteiger charge is -2.38. The van der Waals surface area contributed by atoms with E-state index in [1.54, 1.807) is 30.2 Å². The molecule has 1 heterocycles. The summed E-state index contributed by atoms with van der Waals surface area (Å²) in [7, 11) is 3.70. The fraction of sp³-hybridized carbons (Fsp3) is 0.548. The molecule has 1 aliphatic carbocycles. The molecular weight excluding hydrogens is 508 g/mol. The van der Waals surface area contributed by atoms with Crippen molar-refractivity contribution in [1.82, 2.24) is 15.1 Å². The summed E-state index contributed by atoms with van der Waals surface area (Å²) >= 11 is 0. The molecular formula is C31H44N4O5. The molecule has 0 saturated heterocycles. The quantitative estimate of drug-likeness (QED) is 0.423. The van der Waals surface area contributed by atoms with E-state index in [9.17, 15) is 14.7 Å². The summed E-state index contributed by atoms with van der Waals surface area (Å²) in [5.41, 5.74) is 1.99. The van der Waals surface area contributed by atoms with E-state index in [4.69, 9.17) is 9.47 Å². The van der Waals surface area contributed by atoms with Gasteiger partial charge in [0.05, 0.1) is 31.0 Å². The molecule has 1 fully saturated rings. The number of aliphatic hydroxyl groups excluding tert-OH is 1. The average molecular weight is 553 g/mol. The minimum Gasteiger partial charge on any atom is -0.497 e. The number of anilines is 1. The molecule has 3 N–H and O–H groups in total. The van der Waals surface area contributed by atoms with Crippen LogP contribution in [0.5, 0.6) is 11.5 Å².